The van der Waals surface area contributed by atoms with Crippen molar-refractivity contribution in [1.82, 2.24) is 9.21 Å². The Bertz CT molecular complexity index is 680. The van der Waals surface area contributed by atoms with Gasteiger partial charge in [-0.3, -0.25) is 0 Å². The van der Waals surface area contributed by atoms with Gasteiger partial charge in [0.05, 0.1) is 4.90 Å². The fraction of sp³-hybridized carbons (Fsp3) is 0.562. The molecule has 0 radical (unpaired) electrons. The van der Waals surface area contributed by atoms with Crippen LogP contribution in [-0.2, 0) is 10.0 Å². The van der Waals surface area contributed by atoms with Crippen molar-refractivity contribution in [2.24, 2.45) is 0 Å². The van der Waals surface area contributed by atoms with Gasteiger partial charge in [0, 0.05) is 31.9 Å². The molecule has 2 amide bonds. The number of hydrogen-bond acceptors (Lipinski definition) is 3. The summed E-state index contributed by atoms with van der Waals surface area (Å²) in [4.78, 5) is 14.2. The maximum Gasteiger partial charge on any atom is 0.321 e. The Morgan fingerprint density at radius 1 is 1.26 bits per heavy atom. The van der Waals surface area contributed by atoms with Crippen molar-refractivity contribution in [3.8, 4) is 0 Å². The molecule has 1 aromatic carbocycles. The van der Waals surface area contributed by atoms with Crippen molar-refractivity contribution < 1.29 is 13.2 Å². The summed E-state index contributed by atoms with van der Waals surface area (Å²) in [5.74, 6) is 0. The third-order valence-corrected chi connectivity index (χ3v) is 6.28. The summed E-state index contributed by atoms with van der Waals surface area (Å²) in [5, 5.41) is 2.84. The van der Waals surface area contributed by atoms with Crippen LogP contribution in [0.15, 0.2) is 23.1 Å². The molecule has 1 saturated heterocycles. The van der Waals surface area contributed by atoms with Crippen LogP contribution in [0.1, 0.15) is 32.3 Å². The van der Waals surface area contributed by atoms with Crippen LogP contribution >= 0.6 is 0 Å². The zero-order valence-corrected chi connectivity index (χ0v) is 15.0. The van der Waals surface area contributed by atoms with Crippen LogP contribution in [-0.4, -0.2) is 49.8 Å². The van der Waals surface area contributed by atoms with Gasteiger partial charge in [0.2, 0.25) is 10.0 Å². The number of amides is 2. The first-order valence-electron chi connectivity index (χ1n) is 7.88. The van der Waals surface area contributed by atoms with Gasteiger partial charge in [-0.1, -0.05) is 6.07 Å². The van der Waals surface area contributed by atoms with E-state index in [1.807, 2.05) is 20.8 Å². The molecule has 0 aliphatic carbocycles. The number of sulfonamides is 1. The summed E-state index contributed by atoms with van der Waals surface area (Å²) in [7, 11) is -2.01. The minimum atomic E-state index is -3.56. The topological polar surface area (TPSA) is 69.7 Å². The van der Waals surface area contributed by atoms with Crippen LogP contribution in [0.5, 0.6) is 0 Å². The summed E-state index contributed by atoms with van der Waals surface area (Å²) < 4.78 is 26.5. The SMILES string of the molecule is Cc1ccc(S(=O)(=O)N(C)C(C)C)cc1NC(=O)N1CCCC1. The number of rotatable bonds is 4. The Balaban J connectivity index is 2.27. The minimum absolute atomic E-state index is 0.135. The molecular formula is C16H25N3O3S. The zero-order valence-electron chi connectivity index (χ0n) is 14.2. The molecule has 1 fully saturated rings. The van der Waals surface area contributed by atoms with Gasteiger partial charge in [-0.05, 0) is 51.3 Å². The van der Waals surface area contributed by atoms with Crippen molar-refractivity contribution in [3.63, 3.8) is 0 Å². The fourth-order valence-electron chi connectivity index (χ4n) is 2.45. The van der Waals surface area contributed by atoms with Gasteiger partial charge in [0.15, 0.2) is 0 Å². The van der Waals surface area contributed by atoms with Crippen LogP contribution in [0.4, 0.5) is 10.5 Å². The van der Waals surface area contributed by atoms with Gasteiger partial charge < -0.3 is 10.2 Å². The van der Waals surface area contributed by atoms with Crippen LogP contribution in [0.3, 0.4) is 0 Å². The quantitative estimate of drug-likeness (QED) is 0.917. The van der Waals surface area contributed by atoms with Gasteiger partial charge >= 0.3 is 6.03 Å². The Hall–Kier alpha value is -1.60. The van der Waals surface area contributed by atoms with E-state index in [9.17, 15) is 13.2 Å². The highest BCUT2D eigenvalue weighted by Crippen LogP contribution is 2.24. The number of carbonyl (C=O) groups excluding carboxylic acids is 1. The van der Waals surface area contributed by atoms with Crippen LogP contribution < -0.4 is 5.32 Å². The van der Waals surface area contributed by atoms with E-state index in [1.165, 1.54) is 10.4 Å². The number of carbonyl (C=O) groups is 1. The third kappa shape index (κ3) is 3.84. The highest BCUT2D eigenvalue weighted by Gasteiger charge is 2.24. The minimum Gasteiger partial charge on any atom is -0.325 e. The van der Waals surface area contributed by atoms with Crippen molar-refractivity contribution >= 4 is 21.7 Å². The number of aryl methyl sites for hydroxylation is 1. The van der Waals surface area contributed by atoms with Crippen LogP contribution in [0.2, 0.25) is 0 Å². The van der Waals surface area contributed by atoms with Gasteiger partial charge in [0.1, 0.15) is 0 Å². The van der Waals surface area contributed by atoms with E-state index in [4.69, 9.17) is 0 Å². The number of nitrogens with zero attached hydrogens (tertiary/aromatic N) is 2. The standard InChI is InChI=1S/C16H25N3O3S/c1-12(2)18(4)23(21,22)14-8-7-13(3)15(11-14)17-16(20)19-9-5-6-10-19/h7-8,11-12H,5-6,9-10H2,1-4H3,(H,17,20). The van der Waals surface area contributed by atoms with E-state index in [0.717, 1.165) is 31.5 Å². The molecule has 0 aromatic heterocycles. The summed E-state index contributed by atoms with van der Waals surface area (Å²) >= 11 is 0. The number of anilines is 1. The van der Waals surface area contributed by atoms with Gasteiger partial charge in [0.25, 0.3) is 0 Å². The molecule has 7 heteroatoms. The molecule has 23 heavy (non-hydrogen) atoms. The Labute approximate surface area is 138 Å². The fourth-order valence-corrected chi connectivity index (χ4v) is 3.85. The Morgan fingerprint density at radius 2 is 1.87 bits per heavy atom. The lowest BCUT2D eigenvalue weighted by Crippen LogP contribution is -2.34. The number of nitrogens with one attached hydrogen (secondary N) is 1. The lowest BCUT2D eigenvalue weighted by atomic mass is 10.2. The van der Waals surface area contributed by atoms with E-state index in [2.05, 4.69) is 5.32 Å². The number of benzene rings is 1. The van der Waals surface area contributed by atoms with Crippen LogP contribution in [0.25, 0.3) is 0 Å². The normalized spacial score (nSPS) is 15.5. The van der Waals surface area contributed by atoms with Crippen LogP contribution in [0, 0.1) is 6.92 Å². The first-order valence-corrected chi connectivity index (χ1v) is 9.32. The second-order valence-corrected chi connectivity index (χ2v) is 8.21. The van der Waals surface area contributed by atoms with Crippen molar-refractivity contribution in [2.75, 3.05) is 25.5 Å². The van der Waals surface area contributed by atoms with Crippen molar-refractivity contribution in [3.05, 3.63) is 23.8 Å². The molecule has 2 rings (SSSR count). The lowest BCUT2D eigenvalue weighted by molar-refractivity contribution is 0.222. The number of likely N-dealkylation sites (tertiary alicyclic amines) is 1. The smallest absolute Gasteiger partial charge is 0.321 e. The molecule has 1 aromatic rings. The molecule has 1 N–H and O–H groups in total. The van der Waals surface area contributed by atoms with Gasteiger partial charge in [-0.25, -0.2) is 13.2 Å². The Morgan fingerprint density at radius 3 is 2.43 bits per heavy atom. The zero-order chi connectivity index (χ0) is 17.2. The first-order chi connectivity index (χ1) is 10.7. The third-order valence-electron chi connectivity index (χ3n) is 4.25. The van der Waals surface area contributed by atoms with Crippen molar-refractivity contribution in [2.45, 2.75) is 44.6 Å². The molecule has 0 saturated carbocycles. The molecule has 0 unspecified atom stereocenters. The molecule has 128 valence electrons. The highest BCUT2D eigenvalue weighted by atomic mass is 32.2. The molecule has 1 aliphatic heterocycles. The lowest BCUT2D eigenvalue weighted by Gasteiger charge is -2.22. The second kappa shape index (κ2) is 6.88. The molecule has 6 nitrogen and oxygen atoms in total. The predicted octanol–water partition coefficient (Wildman–Crippen LogP) is 2.65. The summed E-state index contributed by atoms with van der Waals surface area (Å²) in [6.07, 6.45) is 2.03. The predicted molar refractivity (Wildman–Crippen MR) is 91.1 cm³/mol. The van der Waals surface area contributed by atoms with E-state index in [-0.39, 0.29) is 17.0 Å². The van der Waals surface area contributed by atoms with Crippen molar-refractivity contribution in [1.29, 1.82) is 0 Å². The van der Waals surface area contributed by atoms with Gasteiger partial charge in [-0.2, -0.15) is 4.31 Å². The molecule has 0 bridgehead atoms. The second-order valence-electron chi connectivity index (χ2n) is 6.22. The molecule has 0 atom stereocenters. The van der Waals surface area contributed by atoms with E-state index >= 15 is 0 Å². The molecular weight excluding hydrogens is 314 g/mol. The summed E-state index contributed by atoms with van der Waals surface area (Å²) in [5.41, 5.74) is 1.38. The maximum atomic E-state index is 12.6. The number of urea groups is 1. The highest BCUT2D eigenvalue weighted by molar-refractivity contribution is 7.89. The monoisotopic (exact) mass is 339 g/mol. The first kappa shape index (κ1) is 17.7. The summed E-state index contributed by atoms with van der Waals surface area (Å²) in [6, 6.07) is 4.54. The van der Waals surface area contributed by atoms with E-state index in [0.29, 0.717) is 5.69 Å². The Kier molecular flexibility index (Phi) is 5.31. The largest absolute Gasteiger partial charge is 0.325 e. The molecule has 1 heterocycles. The maximum absolute atomic E-state index is 12.6. The van der Waals surface area contributed by atoms with E-state index < -0.39 is 10.0 Å². The van der Waals surface area contributed by atoms with E-state index in [1.54, 1.807) is 24.1 Å². The van der Waals surface area contributed by atoms with Gasteiger partial charge in [-0.15, -0.1) is 0 Å². The number of hydrogen-bond donors (Lipinski definition) is 1. The average Bonchev–Trinajstić information content (AvgIpc) is 3.02. The molecule has 0 spiro atoms. The summed E-state index contributed by atoms with van der Waals surface area (Å²) in [6.45, 7) is 6.99. The average molecular weight is 339 g/mol. The molecule has 1 aliphatic rings.